The van der Waals surface area contributed by atoms with Crippen molar-refractivity contribution >= 4 is 23.4 Å². The lowest BCUT2D eigenvalue weighted by Gasteiger charge is -2.32. The molecule has 1 N–H and O–H groups in total. The van der Waals surface area contributed by atoms with Gasteiger partial charge in [0.25, 0.3) is 0 Å². The van der Waals surface area contributed by atoms with E-state index in [2.05, 4.69) is 12.2 Å². The molecule has 2 amide bonds. The highest BCUT2D eigenvalue weighted by atomic mass is 35.5. The zero-order valence-corrected chi connectivity index (χ0v) is 22.5. The van der Waals surface area contributed by atoms with Crippen molar-refractivity contribution in [2.24, 2.45) is 0 Å². The van der Waals surface area contributed by atoms with Crippen molar-refractivity contribution in [1.29, 1.82) is 0 Å². The Hall–Kier alpha value is -3.51. The lowest BCUT2D eigenvalue weighted by atomic mass is 10.0. The number of benzene rings is 3. The largest absolute Gasteiger partial charge is 0.493 e. The SMILES string of the molecule is CCCCNC(=O)[C@H](Cc1ccccc1)N(Cc1ccc(Cl)cc1)C(=O)Cc1ccc(OC)c(OC)c1. The summed E-state index contributed by atoms with van der Waals surface area (Å²) < 4.78 is 10.7. The first-order chi connectivity index (χ1) is 17.9. The van der Waals surface area contributed by atoms with Gasteiger partial charge in [-0.1, -0.05) is 73.5 Å². The highest BCUT2D eigenvalue weighted by Gasteiger charge is 2.30. The fourth-order valence-corrected chi connectivity index (χ4v) is 4.24. The van der Waals surface area contributed by atoms with Crippen LogP contribution in [0.25, 0.3) is 0 Å². The molecule has 0 fully saturated rings. The number of carbonyl (C=O) groups is 2. The molecule has 7 heteroatoms. The van der Waals surface area contributed by atoms with Crippen LogP contribution in [0.15, 0.2) is 72.8 Å². The molecule has 37 heavy (non-hydrogen) atoms. The van der Waals surface area contributed by atoms with Crippen LogP contribution in [0.2, 0.25) is 5.02 Å². The van der Waals surface area contributed by atoms with Crippen LogP contribution in [-0.2, 0) is 29.0 Å². The molecule has 0 unspecified atom stereocenters. The topological polar surface area (TPSA) is 67.9 Å². The van der Waals surface area contributed by atoms with Crippen LogP contribution < -0.4 is 14.8 Å². The van der Waals surface area contributed by atoms with Crippen molar-refractivity contribution in [3.05, 3.63) is 94.5 Å². The van der Waals surface area contributed by atoms with E-state index in [9.17, 15) is 9.59 Å². The second kappa shape index (κ2) is 14.3. The number of rotatable bonds is 13. The molecule has 3 aromatic carbocycles. The Labute approximate surface area is 224 Å². The van der Waals surface area contributed by atoms with Gasteiger partial charge in [-0.15, -0.1) is 0 Å². The van der Waals surface area contributed by atoms with Crippen molar-refractivity contribution in [3.63, 3.8) is 0 Å². The van der Waals surface area contributed by atoms with Crippen LogP contribution in [0.3, 0.4) is 0 Å². The summed E-state index contributed by atoms with van der Waals surface area (Å²) >= 11 is 6.10. The maximum Gasteiger partial charge on any atom is 0.243 e. The van der Waals surface area contributed by atoms with Gasteiger partial charge < -0.3 is 19.7 Å². The molecule has 3 aromatic rings. The Morgan fingerprint density at radius 3 is 2.22 bits per heavy atom. The molecule has 0 aromatic heterocycles. The number of amides is 2. The third-order valence-corrected chi connectivity index (χ3v) is 6.42. The highest BCUT2D eigenvalue weighted by Crippen LogP contribution is 2.28. The first kappa shape index (κ1) is 28.1. The van der Waals surface area contributed by atoms with E-state index in [1.807, 2.05) is 48.5 Å². The van der Waals surface area contributed by atoms with Crippen molar-refractivity contribution in [2.45, 2.75) is 45.2 Å². The Morgan fingerprint density at radius 2 is 1.57 bits per heavy atom. The highest BCUT2D eigenvalue weighted by molar-refractivity contribution is 6.30. The van der Waals surface area contributed by atoms with Crippen LogP contribution in [0, 0.1) is 0 Å². The van der Waals surface area contributed by atoms with Crippen LogP contribution >= 0.6 is 11.6 Å². The Kier molecular flexibility index (Phi) is 10.8. The minimum absolute atomic E-state index is 0.113. The molecule has 0 heterocycles. The molecule has 0 aliphatic rings. The second-order valence-electron chi connectivity index (χ2n) is 8.86. The van der Waals surface area contributed by atoms with Gasteiger partial charge in [0, 0.05) is 24.5 Å². The van der Waals surface area contributed by atoms with Gasteiger partial charge in [0.2, 0.25) is 11.8 Å². The molecule has 0 saturated heterocycles. The minimum atomic E-state index is -0.678. The van der Waals surface area contributed by atoms with E-state index in [0.717, 1.165) is 29.5 Å². The van der Waals surface area contributed by atoms with Crippen molar-refractivity contribution in [2.75, 3.05) is 20.8 Å². The Bertz CT molecular complexity index is 1150. The summed E-state index contributed by atoms with van der Waals surface area (Å²) in [5.74, 6) is 0.824. The predicted octanol–water partition coefficient (Wildman–Crippen LogP) is 5.46. The van der Waals surface area contributed by atoms with E-state index in [0.29, 0.717) is 29.5 Å². The smallest absolute Gasteiger partial charge is 0.243 e. The van der Waals surface area contributed by atoms with Gasteiger partial charge in [-0.2, -0.15) is 0 Å². The maximum atomic E-state index is 13.9. The number of ether oxygens (including phenoxy) is 2. The molecule has 0 aliphatic heterocycles. The second-order valence-corrected chi connectivity index (χ2v) is 9.30. The number of nitrogens with zero attached hydrogens (tertiary/aromatic N) is 1. The first-order valence-electron chi connectivity index (χ1n) is 12.5. The van der Waals surface area contributed by atoms with E-state index in [1.165, 1.54) is 0 Å². The molecular weight excluding hydrogens is 488 g/mol. The van der Waals surface area contributed by atoms with Gasteiger partial charge in [-0.05, 0) is 47.4 Å². The molecule has 0 bridgehead atoms. The van der Waals surface area contributed by atoms with Gasteiger partial charge in [0.05, 0.1) is 20.6 Å². The average molecular weight is 523 g/mol. The molecule has 0 saturated carbocycles. The van der Waals surface area contributed by atoms with E-state index in [4.69, 9.17) is 21.1 Å². The number of hydrogen-bond donors (Lipinski definition) is 1. The number of halogens is 1. The minimum Gasteiger partial charge on any atom is -0.493 e. The molecule has 0 radical (unpaired) electrons. The third-order valence-electron chi connectivity index (χ3n) is 6.17. The molecular formula is C30H35ClN2O4. The quantitative estimate of drug-likeness (QED) is 0.303. The van der Waals surface area contributed by atoms with Gasteiger partial charge in [-0.3, -0.25) is 9.59 Å². The van der Waals surface area contributed by atoms with E-state index in [-0.39, 0.29) is 24.8 Å². The summed E-state index contributed by atoms with van der Waals surface area (Å²) in [5, 5.41) is 3.66. The zero-order valence-electron chi connectivity index (χ0n) is 21.7. The number of methoxy groups -OCH3 is 2. The standard InChI is InChI=1S/C30H35ClN2O4/c1-4-5-17-32-30(35)26(18-22-9-7-6-8-10-22)33(21-23-11-14-25(31)15-12-23)29(34)20-24-13-16-27(36-2)28(19-24)37-3/h6-16,19,26H,4-5,17-18,20-21H2,1-3H3,(H,32,35)/t26-/m0/s1. The summed E-state index contributed by atoms with van der Waals surface area (Å²) in [6, 6.07) is 21.9. The fraction of sp³-hybridized carbons (Fsp3) is 0.333. The average Bonchev–Trinajstić information content (AvgIpc) is 2.92. The number of unbranched alkanes of at least 4 members (excludes halogenated alkanes) is 1. The van der Waals surface area contributed by atoms with Gasteiger partial charge >= 0.3 is 0 Å². The van der Waals surface area contributed by atoms with Crippen LogP contribution in [0.4, 0.5) is 0 Å². The first-order valence-corrected chi connectivity index (χ1v) is 12.9. The Morgan fingerprint density at radius 1 is 0.892 bits per heavy atom. The van der Waals surface area contributed by atoms with Gasteiger partial charge in [0.1, 0.15) is 6.04 Å². The van der Waals surface area contributed by atoms with Gasteiger partial charge in [0.15, 0.2) is 11.5 Å². The Balaban J connectivity index is 1.95. The van der Waals surface area contributed by atoms with E-state index in [1.54, 1.807) is 43.4 Å². The number of nitrogens with one attached hydrogen (secondary N) is 1. The van der Waals surface area contributed by atoms with E-state index >= 15 is 0 Å². The van der Waals surface area contributed by atoms with Crippen molar-refractivity contribution < 1.29 is 19.1 Å². The maximum absolute atomic E-state index is 13.9. The third kappa shape index (κ3) is 8.25. The van der Waals surface area contributed by atoms with Crippen LogP contribution in [0.1, 0.15) is 36.5 Å². The molecule has 0 aliphatic carbocycles. The molecule has 1 atom stereocenters. The summed E-state index contributed by atoms with van der Waals surface area (Å²) in [7, 11) is 3.13. The number of hydrogen-bond acceptors (Lipinski definition) is 4. The van der Waals surface area contributed by atoms with Crippen molar-refractivity contribution in [1.82, 2.24) is 10.2 Å². The monoisotopic (exact) mass is 522 g/mol. The fourth-order valence-electron chi connectivity index (χ4n) is 4.11. The number of carbonyl (C=O) groups excluding carboxylic acids is 2. The normalized spacial score (nSPS) is 11.5. The zero-order chi connectivity index (χ0) is 26.6. The molecule has 6 nitrogen and oxygen atoms in total. The summed E-state index contributed by atoms with van der Waals surface area (Å²) in [5.41, 5.74) is 2.65. The summed E-state index contributed by atoms with van der Waals surface area (Å²) in [6.45, 7) is 2.92. The summed E-state index contributed by atoms with van der Waals surface area (Å²) in [4.78, 5) is 29.0. The summed E-state index contributed by atoms with van der Waals surface area (Å²) in [6.07, 6.45) is 2.36. The van der Waals surface area contributed by atoms with E-state index < -0.39 is 6.04 Å². The van der Waals surface area contributed by atoms with Crippen LogP contribution in [0.5, 0.6) is 11.5 Å². The van der Waals surface area contributed by atoms with Crippen molar-refractivity contribution in [3.8, 4) is 11.5 Å². The van der Waals surface area contributed by atoms with Crippen LogP contribution in [-0.4, -0.2) is 43.5 Å². The predicted molar refractivity (Wildman–Crippen MR) is 147 cm³/mol. The molecule has 3 rings (SSSR count). The molecule has 0 spiro atoms. The molecule has 196 valence electrons. The lowest BCUT2D eigenvalue weighted by Crippen LogP contribution is -2.51. The van der Waals surface area contributed by atoms with Gasteiger partial charge in [-0.25, -0.2) is 0 Å². The lowest BCUT2D eigenvalue weighted by molar-refractivity contribution is -0.140.